The predicted octanol–water partition coefficient (Wildman–Crippen LogP) is 2.31. The van der Waals surface area contributed by atoms with Gasteiger partial charge in [0.05, 0.1) is 7.11 Å². The van der Waals surface area contributed by atoms with Crippen LogP contribution in [0.4, 0.5) is 8.78 Å². The van der Waals surface area contributed by atoms with Crippen LogP contribution in [-0.2, 0) is 17.8 Å². The van der Waals surface area contributed by atoms with Crippen molar-refractivity contribution in [3.63, 3.8) is 0 Å². The normalized spacial score (nSPS) is 10.8. The Morgan fingerprint density at radius 3 is 2.69 bits per heavy atom. The van der Waals surface area contributed by atoms with Crippen LogP contribution in [0.15, 0.2) is 48.5 Å². The highest BCUT2D eigenvalue weighted by Crippen LogP contribution is 2.29. The second-order valence-corrected chi connectivity index (χ2v) is 5.97. The lowest BCUT2D eigenvalue weighted by molar-refractivity contribution is -0.122. The summed E-state index contributed by atoms with van der Waals surface area (Å²) in [5.41, 5.74) is 1.61. The number of ether oxygens (including phenoxy) is 2. The summed E-state index contributed by atoms with van der Waals surface area (Å²) in [5.74, 6) is 0.333. The summed E-state index contributed by atoms with van der Waals surface area (Å²) >= 11 is 0. The minimum atomic E-state index is -2.93. The van der Waals surface area contributed by atoms with Gasteiger partial charge >= 0.3 is 6.61 Å². The molecule has 1 N–H and O–H groups in total. The molecule has 0 unspecified atom stereocenters. The Kier molecular flexibility index (Phi) is 6.67. The number of amides is 1. The van der Waals surface area contributed by atoms with E-state index in [1.165, 1.54) is 18.0 Å². The highest BCUT2D eigenvalue weighted by atomic mass is 19.3. The summed E-state index contributed by atoms with van der Waals surface area (Å²) in [5, 5.41) is 14.8. The van der Waals surface area contributed by atoms with Crippen LogP contribution >= 0.6 is 0 Å². The summed E-state index contributed by atoms with van der Waals surface area (Å²) in [6.45, 7) is -2.65. The smallest absolute Gasteiger partial charge is 0.387 e. The van der Waals surface area contributed by atoms with Crippen LogP contribution in [0.2, 0.25) is 0 Å². The molecule has 0 aliphatic carbocycles. The lowest BCUT2D eigenvalue weighted by Gasteiger charge is -2.11. The summed E-state index contributed by atoms with van der Waals surface area (Å²) < 4.78 is 34.2. The van der Waals surface area contributed by atoms with Gasteiger partial charge in [0.15, 0.2) is 11.5 Å². The standard InChI is InChI=1S/C19H19F2N5O3/c1-28-16-11-13(7-8-15(16)29-19(20)21)9-10-22-17(27)12-26-24-18(23-25-26)14-5-3-2-4-6-14/h2-8,11,19H,9-10,12H2,1H3,(H,22,27). The van der Waals surface area contributed by atoms with Gasteiger partial charge in [0.25, 0.3) is 0 Å². The number of hydrogen-bond acceptors (Lipinski definition) is 6. The molecule has 0 atom stereocenters. The molecule has 29 heavy (non-hydrogen) atoms. The van der Waals surface area contributed by atoms with Crippen LogP contribution in [0.25, 0.3) is 11.4 Å². The largest absolute Gasteiger partial charge is 0.493 e. The van der Waals surface area contributed by atoms with E-state index >= 15 is 0 Å². The molecule has 0 bridgehead atoms. The summed E-state index contributed by atoms with van der Waals surface area (Å²) in [6.07, 6.45) is 0.483. The first-order valence-electron chi connectivity index (χ1n) is 8.77. The summed E-state index contributed by atoms with van der Waals surface area (Å²) in [6, 6.07) is 14.0. The molecule has 1 aromatic heterocycles. The van der Waals surface area contributed by atoms with Crippen molar-refractivity contribution in [1.29, 1.82) is 0 Å². The molecule has 0 aliphatic heterocycles. The van der Waals surface area contributed by atoms with Gasteiger partial charge in [-0.15, -0.1) is 10.2 Å². The molecule has 2 aromatic carbocycles. The van der Waals surface area contributed by atoms with E-state index in [0.29, 0.717) is 18.8 Å². The highest BCUT2D eigenvalue weighted by Gasteiger charge is 2.12. The van der Waals surface area contributed by atoms with E-state index in [1.807, 2.05) is 30.3 Å². The predicted molar refractivity (Wildman–Crippen MR) is 99.6 cm³/mol. The van der Waals surface area contributed by atoms with Crippen molar-refractivity contribution in [3.05, 3.63) is 54.1 Å². The molecule has 0 aliphatic rings. The Labute approximate surface area is 165 Å². The third-order valence-electron chi connectivity index (χ3n) is 3.95. The number of methoxy groups -OCH3 is 1. The third kappa shape index (κ3) is 5.71. The van der Waals surface area contributed by atoms with E-state index in [9.17, 15) is 13.6 Å². The number of nitrogens with zero attached hydrogens (tertiary/aromatic N) is 4. The van der Waals surface area contributed by atoms with Crippen molar-refractivity contribution in [2.75, 3.05) is 13.7 Å². The minimum Gasteiger partial charge on any atom is -0.493 e. The van der Waals surface area contributed by atoms with Gasteiger partial charge in [-0.05, 0) is 29.3 Å². The number of alkyl halides is 2. The number of carbonyl (C=O) groups is 1. The van der Waals surface area contributed by atoms with Crippen LogP contribution in [0.3, 0.4) is 0 Å². The SMILES string of the molecule is COc1cc(CCNC(=O)Cn2nnc(-c3ccccc3)n2)ccc1OC(F)F. The molecule has 1 amide bonds. The fourth-order valence-electron chi connectivity index (χ4n) is 2.60. The van der Waals surface area contributed by atoms with Crippen LogP contribution < -0.4 is 14.8 Å². The molecule has 3 aromatic rings. The number of benzene rings is 2. The molecule has 8 nitrogen and oxygen atoms in total. The number of hydrogen-bond donors (Lipinski definition) is 1. The second-order valence-electron chi connectivity index (χ2n) is 5.97. The topological polar surface area (TPSA) is 91.2 Å². The van der Waals surface area contributed by atoms with Gasteiger partial charge in [-0.2, -0.15) is 13.6 Å². The maximum absolute atomic E-state index is 12.4. The second kappa shape index (κ2) is 9.58. The van der Waals surface area contributed by atoms with Gasteiger partial charge in [-0.1, -0.05) is 36.4 Å². The van der Waals surface area contributed by atoms with E-state index in [0.717, 1.165) is 11.1 Å². The molecule has 0 fully saturated rings. The fourth-order valence-corrected chi connectivity index (χ4v) is 2.60. The number of tetrazole rings is 1. The maximum atomic E-state index is 12.4. The van der Waals surface area contributed by atoms with Gasteiger partial charge in [0.2, 0.25) is 11.7 Å². The van der Waals surface area contributed by atoms with E-state index < -0.39 is 6.61 Å². The average Bonchev–Trinajstić information content (AvgIpc) is 3.17. The monoisotopic (exact) mass is 403 g/mol. The molecule has 0 radical (unpaired) electrons. The molecule has 152 valence electrons. The molecule has 3 rings (SSSR count). The Hall–Kier alpha value is -3.56. The minimum absolute atomic E-state index is 0.0400. The Balaban J connectivity index is 1.49. The summed E-state index contributed by atoms with van der Waals surface area (Å²) in [4.78, 5) is 13.3. The fraction of sp³-hybridized carbons (Fsp3) is 0.263. The van der Waals surface area contributed by atoms with Gasteiger partial charge in [0, 0.05) is 12.1 Å². The van der Waals surface area contributed by atoms with Gasteiger partial charge in [-0.25, -0.2) is 0 Å². The molecule has 1 heterocycles. The average molecular weight is 403 g/mol. The van der Waals surface area contributed by atoms with Crippen LogP contribution in [0, 0.1) is 0 Å². The molecule has 10 heteroatoms. The molecular weight excluding hydrogens is 384 g/mol. The van der Waals surface area contributed by atoms with Crippen molar-refractivity contribution in [2.45, 2.75) is 19.6 Å². The zero-order chi connectivity index (χ0) is 20.6. The number of aromatic nitrogens is 4. The maximum Gasteiger partial charge on any atom is 0.387 e. The first-order chi connectivity index (χ1) is 14.0. The van der Waals surface area contributed by atoms with Crippen molar-refractivity contribution in [2.24, 2.45) is 0 Å². The van der Waals surface area contributed by atoms with Gasteiger partial charge in [-0.3, -0.25) is 4.79 Å². The van der Waals surface area contributed by atoms with Crippen molar-refractivity contribution < 1.29 is 23.0 Å². The van der Waals surface area contributed by atoms with Crippen molar-refractivity contribution in [1.82, 2.24) is 25.5 Å². The van der Waals surface area contributed by atoms with E-state index in [1.54, 1.807) is 12.1 Å². The molecular formula is C19H19F2N5O3. The first kappa shape index (κ1) is 20.2. The third-order valence-corrected chi connectivity index (χ3v) is 3.95. The number of carbonyl (C=O) groups excluding carboxylic acids is 1. The van der Waals surface area contributed by atoms with E-state index in [2.05, 4.69) is 25.5 Å². The first-order valence-corrected chi connectivity index (χ1v) is 8.77. The highest BCUT2D eigenvalue weighted by molar-refractivity contribution is 5.75. The zero-order valence-electron chi connectivity index (χ0n) is 15.6. The zero-order valence-corrected chi connectivity index (χ0v) is 15.6. The summed E-state index contributed by atoms with van der Waals surface area (Å²) in [7, 11) is 1.37. The van der Waals surface area contributed by atoms with Crippen LogP contribution in [0.1, 0.15) is 5.56 Å². The lowest BCUT2D eigenvalue weighted by atomic mass is 10.1. The molecule has 0 saturated carbocycles. The van der Waals surface area contributed by atoms with Crippen LogP contribution in [0.5, 0.6) is 11.5 Å². The Bertz CT molecular complexity index is 950. The lowest BCUT2D eigenvalue weighted by Crippen LogP contribution is -2.30. The van der Waals surface area contributed by atoms with Gasteiger partial charge in [0.1, 0.15) is 6.54 Å². The van der Waals surface area contributed by atoms with Crippen LogP contribution in [-0.4, -0.2) is 46.4 Å². The van der Waals surface area contributed by atoms with E-state index in [-0.39, 0.29) is 24.0 Å². The molecule has 0 saturated heterocycles. The quantitative estimate of drug-likeness (QED) is 0.590. The Morgan fingerprint density at radius 2 is 1.97 bits per heavy atom. The number of nitrogens with one attached hydrogen (secondary N) is 1. The number of halogens is 2. The molecule has 0 spiro atoms. The van der Waals surface area contributed by atoms with Crippen molar-refractivity contribution in [3.8, 4) is 22.9 Å². The van der Waals surface area contributed by atoms with Crippen molar-refractivity contribution >= 4 is 5.91 Å². The number of rotatable bonds is 9. The Morgan fingerprint density at radius 1 is 1.17 bits per heavy atom. The van der Waals surface area contributed by atoms with Gasteiger partial charge < -0.3 is 14.8 Å². The van der Waals surface area contributed by atoms with E-state index in [4.69, 9.17) is 4.74 Å².